The molecule has 6 atom stereocenters. The van der Waals surface area contributed by atoms with E-state index in [-0.39, 0.29) is 18.9 Å². The van der Waals surface area contributed by atoms with E-state index in [0.717, 1.165) is 43.3 Å². The first kappa shape index (κ1) is 20.8. The first-order chi connectivity index (χ1) is 12.0. The van der Waals surface area contributed by atoms with Gasteiger partial charge >= 0.3 is 0 Å². The molecule has 0 aromatic heterocycles. The molecule has 2 nitrogen and oxygen atoms in total. The normalized spacial score (nSPS) is 40.3. The Hall–Kier alpha value is -1.46. The second kappa shape index (κ2) is 8.05. The van der Waals surface area contributed by atoms with E-state index in [1.807, 2.05) is 0 Å². The summed E-state index contributed by atoms with van der Waals surface area (Å²) in [4.78, 5) is 0. The highest BCUT2D eigenvalue weighted by molar-refractivity contribution is 5.32. The third kappa shape index (κ3) is 3.16. The van der Waals surface area contributed by atoms with Crippen LogP contribution in [0.4, 0.5) is 0 Å². The Morgan fingerprint density at radius 3 is 2.73 bits per heavy atom. The number of fused-ring (bicyclic) bond motifs is 5. The summed E-state index contributed by atoms with van der Waals surface area (Å²) in [5, 5.41) is 10.6. The van der Waals surface area contributed by atoms with Crippen molar-refractivity contribution in [1.82, 2.24) is 0 Å². The van der Waals surface area contributed by atoms with Crippen molar-refractivity contribution >= 4 is 0 Å². The molecule has 0 spiro atoms. The molecule has 4 aliphatic rings. The Balaban J connectivity index is 0.000000784. The van der Waals surface area contributed by atoms with Gasteiger partial charge in [-0.05, 0) is 79.9 Å². The lowest BCUT2D eigenvalue weighted by Gasteiger charge is -2.52. The number of rotatable bonds is 2. The standard InChI is InChI=1S/C21H30O2.C2H2.CH4/c1-4-23-15-6-8-16-14(12-15)5-7-18-17(16)9-10-21(3)19(18)11-13(2)20(21)22;1-2;/h5,12,16-20,22H,2,4,6-11H2,1,3H3;1-2H;1H4/t16-,17?,18+,19?,20-,21-;;/m0../s1. The number of allylic oxidation sites excluding steroid dienone is 4. The van der Waals surface area contributed by atoms with E-state index in [4.69, 9.17) is 4.74 Å². The first-order valence-electron chi connectivity index (χ1n) is 9.77. The van der Waals surface area contributed by atoms with E-state index in [0.29, 0.717) is 11.8 Å². The predicted octanol–water partition coefficient (Wildman–Crippen LogP) is 5.50. The van der Waals surface area contributed by atoms with E-state index >= 15 is 0 Å². The number of hydrogen-bond donors (Lipinski definition) is 1. The van der Waals surface area contributed by atoms with E-state index < -0.39 is 0 Å². The highest BCUT2D eigenvalue weighted by atomic mass is 16.5. The molecule has 0 aromatic carbocycles. The van der Waals surface area contributed by atoms with Crippen molar-refractivity contribution in [3.8, 4) is 12.8 Å². The smallest absolute Gasteiger partial charge is 0.0962 e. The van der Waals surface area contributed by atoms with Crippen LogP contribution in [0.25, 0.3) is 0 Å². The van der Waals surface area contributed by atoms with Crippen LogP contribution in [-0.4, -0.2) is 17.8 Å². The van der Waals surface area contributed by atoms with Crippen molar-refractivity contribution < 1.29 is 9.84 Å². The predicted molar refractivity (Wildman–Crippen MR) is 109 cm³/mol. The van der Waals surface area contributed by atoms with Crippen molar-refractivity contribution in [1.29, 1.82) is 0 Å². The number of aliphatic hydroxyl groups is 1. The molecular formula is C24H36O2. The molecule has 0 aliphatic heterocycles. The van der Waals surface area contributed by atoms with Gasteiger partial charge in [0.05, 0.1) is 18.5 Å². The molecule has 2 fully saturated rings. The summed E-state index contributed by atoms with van der Waals surface area (Å²) in [6, 6.07) is 0. The van der Waals surface area contributed by atoms with Crippen LogP contribution in [0.5, 0.6) is 0 Å². The highest BCUT2D eigenvalue weighted by Crippen LogP contribution is 2.62. The Labute approximate surface area is 160 Å². The largest absolute Gasteiger partial charge is 0.498 e. The summed E-state index contributed by atoms with van der Waals surface area (Å²) in [6.45, 7) is 9.31. The molecule has 1 N–H and O–H groups in total. The fourth-order valence-corrected chi connectivity index (χ4v) is 6.16. The molecule has 2 saturated carbocycles. The minimum Gasteiger partial charge on any atom is -0.498 e. The van der Waals surface area contributed by atoms with Gasteiger partial charge in [0.15, 0.2) is 0 Å². The van der Waals surface area contributed by atoms with E-state index in [1.54, 1.807) is 0 Å². The third-order valence-corrected chi connectivity index (χ3v) is 7.35. The molecule has 4 rings (SSSR count). The number of ether oxygens (including phenoxy) is 1. The first-order valence-corrected chi connectivity index (χ1v) is 9.77. The van der Waals surface area contributed by atoms with Gasteiger partial charge in [-0.3, -0.25) is 0 Å². The molecule has 0 aromatic rings. The summed E-state index contributed by atoms with van der Waals surface area (Å²) < 4.78 is 5.76. The Kier molecular flexibility index (Phi) is 6.46. The second-order valence-corrected chi connectivity index (χ2v) is 8.37. The van der Waals surface area contributed by atoms with Gasteiger partial charge in [0.1, 0.15) is 0 Å². The summed E-state index contributed by atoms with van der Waals surface area (Å²) in [6.07, 6.45) is 19.5. The molecule has 0 amide bonds. The maximum absolute atomic E-state index is 10.6. The quantitative estimate of drug-likeness (QED) is 0.523. The van der Waals surface area contributed by atoms with Crippen molar-refractivity contribution in [2.75, 3.05) is 6.61 Å². The van der Waals surface area contributed by atoms with Gasteiger partial charge in [0, 0.05) is 11.8 Å². The van der Waals surface area contributed by atoms with Crippen LogP contribution in [0.1, 0.15) is 59.8 Å². The minimum atomic E-state index is -0.283. The summed E-state index contributed by atoms with van der Waals surface area (Å²) in [5.41, 5.74) is 2.68. The molecule has 26 heavy (non-hydrogen) atoms. The number of terminal acetylenes is 1. The van der Waals surface area contributed by atoms with Crippen LogP contribution in [0, 0.1) is 41.9 Å². The van der Waals surface area contributed by atoms with Gasteiger partial charge < -0.3 is 9.84 Å². The second-order valence-electron chi connectivity index (χ2n) is 8.37. The zero-order valence-corrected chi connectivity index (χ0v) is 15.7. The zero-order valence-electron chi connectivity index (χ0n) is 15.7. The van der Waals surface area contributed by atoms with Crippen molar-refractivity contribution in [3.63, 3.8) is 0 Å². The molecule has 0 heterocycles. The molecule has 0 saturated heterocycles. The summed E-state index contributed by atoms with van der Waals surface area (Å²) in [7, 11) is 0. The molecule has 2 unspecified atom stereocenters. The number of aliphatic hydroxyl groups excluding tert-OH is 1. The minimum absolute atomic E-state index is 0. The van der Waals surface area contributed by atoms with Crippen LogP contribution in [0.2, 0.25) is 0 Å². The lowest BCUT2D eigenvalue weighted by atomic mass is 9.53. The molecular weight excluding hydrogens is 320 g/mol. The average molecular weight is 357 g/mol. The van der Waals surface area contributed by atoms with E-state index in [9.17, 15) is 5.11 Å². The molecule has 0 radical (unpaired) electrons. The monoisotopic (exact) mass is 356 g/mol. The van der Waals surface area contributed by atoms with Crippen LogP contribution in [0.15, 0.2) is 35.6 Å². The maximum Gasteiger partial charge on any atom is 0.0962 e. The Morgan fingerprint density at radius 1 is 1.31 bits per heavy atom. The van der Waals surface area contributed by atoms with Gasteiger partial charge in [-0.25, -0.2) is 0 Å². The van der Waals surface area contributed by atoms with Gasteiger partial charge in [-0.15, -0.1) is 12.8 Å². The third-order valence-electron chi connectivity index (χ3n) is 7.35. The van der Waals surface area contributed by atoms with Crippen molar-refractivity contribution in [2.45, 2.75) is 65.9 Å². The molecule has 4 aliphatic carbocycles. The average Bonchev–Trinajstić information content (AvgIpc) is 2.87. The van der Waals surface area contributed by atoms with Gasteiger partial charge in [0.2, 0.25) is 0 Å². The SMILES string of the molecule is C.C#C.C=C1CC2[C@@H]3CC=C4C=C(OCC)CC[C@@H]4C3CC[C@]2(C)[C@H]1O. The Morgan fingerprint density at radius 2 is 2.04 bits per heavy atom. The molecule has 144 valence electrons. The highest BCUT2D eigenvalue weighted by Gasteiger charge is 2.56. The summed E-state index contributed by atoms with van der Waals surface area (Å²) in [5.74, 6) is 4.05. The van der Waals surface area contributed by atoms with Crippen molar-refractivity contribution in [3.05, 3.63) is 35.6 Å². The molecule has 0 bridgehead atoms. The van der Waals surface area contributed by atoms with Gasteiger partial charge in [-0.1, -0.05) is 27.0 Å². The van der Waals surface area contributed by atoms with E-state index in [2.05, 4.69) is 45.4 Å². The lowest BCUT2D eigenvalue weighted by Crippen LogP contribution is -2.46. The van der Waals surface area contributed by atoms with Gasteiger partial charge in [0.25, 0.3) is 0 Å². The number of hydrogen-bond acceptors (Lipinski definition) is 2. The maximum atomic E-state index is 10.6. The van der Waals surface area contributed by atoms with Gasteiger partial charge in [-0.2, -0.15) is 0 Å². The van der Waals surface area contributed by atoms with Crippen LogP contribution in [-0.2, 0) is 4.74 Å². The topological polar surface area (TPSA) is 29.5 Å². The fraction of sp³-hybridized carbons (Fsp3) is 0.667. The zero-order chi connectivity index (χ0) is 18.2. The Bertz CT molecular complexity index is 611. The van der Waals surface area contributed by atoms with Crippen LogP contribution < -0.4 is 0 Å². The van der Waals surface area contributed by atoms with E-state index in [1.165, 1.54) is 30.6 Å². The fourth-order valence-electron chi connectivity index (χ4n) is 6.16. The van der Waals surface area contributed by atoms with Crippen LogP contribution >= 0.6 is 0 Å². The summed E-state index contributed by atoms with van der Waals surface area (Å²) >= 11 is 0. The lowest BCUT2D eigenvalue weighted by molar-refractivity contribution is -0.0412. The van der Waals surface area contributed by atoms with Crippen LogP contribution in [0.3, 0.4) is 0 Å². The molecule has 2 heteroatoms. The van der Waals surface area contributed by atoms with Crippen molar-refractivity contribution in [2.24, 2.45) is 29.1 Å².